The Morgan fingerprint density at radius 2 is 2.03 bits per heavy atom. The summed E-state index contributed by atoms with van der Waals surface area (Å²) in [5.74, 6) is 1.50. The Morgan fingerprint density at radius 1 is 1.21 bits per heavy atom. The maximum atomic E-state index is 13.2. The van der Waals surface area contributed by atoms with Crippen LogP contribution in [0.1, 0.15) is 25.0 Å². The van der Waals surface area contributed by atoms with E-state index in [2.05, 4.69) is 10.3 Å². The van der Waals surface area contributed by atoms with Crippen LogP contribution in [-0.4, -0.2) is 37.3 Å². The van der Waals surface area contributed by atoms with Gasteiger partial charge in [0.1, 0.15) is 15.8 Å². The van der Waals surface area contributed by atoms with E-state index in [9.17, 15) is 9.59 Å². The molecule has 1 saturated heterocycles. The average Bonchev–Trinajstić information content (AvgIpc) is 3.35. The first kappa shape index (κ1) is 21.5. The molecule has 2 aliphatic rings. The first-order valence-electron chi connectivity index (χ1n) is 10.3. The van der Waals surface area contributed by atoms with Crippen LogP contribution < -0.4 is 20.3 Å². The van der Waals surface area contributed by atoms with E-state index in [0.717, 1.165) is 5.56 Å². The number of pyridine rings is 1. The molecule has 10 heteroatoms. The number of aromatic nitrogens is 2. The number of rotatable bonds is 5. The molecule has 0 spiro atoms. The summed E-state index contributed by atoms with van der Waals surface area (Å²) in [6.45, 7) is 4.40. The largest absolute Gasteiger partial charge is 0.454 e. The highest BCUT2D eigenvalue weighted by Gasteiger charge is 2.33. The number of amides is 1. The molecule has 0 unspecified atom stereocenters. The Morgan fingerprint density at radius 3 is 2.85 bits per heavy atom. The van der Waals surface area contributed by atoms with Gasteiger partial charge in [0.15, 0.2) is 11.5 Å². The van der Waals surface area contributed by atoms with Gasteiger partial charge in [-0.25, -0.2) is 4.98 Å². The molecule has 1 fully saturated rings. The minimum atomic E-state index is -0.259. The number of ether oxygens (including phenoxy) is 2. The summed E-state index contributed by atoms with van der Waals surface area (Å²) in [6, 6.07) is 10.9. The fraction of sp³-hybridized carbons (Fsp3) is 0.217. The zero-order valence-electron chi connectivity index (χ0n) is 17.9. The monoisotopic (exact) mass is 480 g/mol. The van der Waals surface area contributed by atoms with E-state index in [1.165, 1.54) is 21.1 Å². The Labute approximate surface area is 199 Å². The predicted molar refractivity (Wildman–Crippen MR) is 132 cm³/mol. The lowest BCUT2D eigenvalue weighted by Gasteiger charge is -2.15. The quantitative estimate of drug-likeness (QED) is 0.438. The molecule has 168 valence electrons. The van der Waals surface area contributed by atoms with Crippen LogP contribution >= 0.6 is 24.0 Å². The third kappa shape index (κ3) is 4.07. The Bertz CT molecular complexity index is 1380. The number of thioether (sulfide) groups is 1. The minimum Gasteiger partial charge on any atom is -0.454 e. The van der Waals surface area contributed by atoms with Crippen LogP contribution in [0.4, 0.5) is 5.82 Å². The molecule has 1 amide bonds. The van der Waals surface area contributed by atoms with Gasteiger partial charge in [0.2, 0.25) is 6.79 Å². The fourth-order valence-corrected chi connectivity index (χ4v) is 4.84. The van der Waals surface area contributed by atoms with Gasteiger partial charge in [-0.05, 0) is 49.8 Å². The second-order valence-electron chi connectivity index (χ2n) is 7.86. The topological polar surface area (TPSA) is 85.2 Å². The van der Waals surface area contributed by atoms with Gasteiger partial charge >= 0.3 is 0 Å². The fourth-order valence-electron chi connectivity index (χ4n) is 3.61. The summed E-state index contributed by atoms with van der Waals surface area (Å²) in [4.78, 5) is 32.9. The third-order valence-corrected chi connectivity index (χ3v) is 6.50. The van der Waals surface area contributed by atoms with Gasteiger partial charge in [0.05, 0.1) is 17.0 Å². The number of anilines is 1. The van der Waals surface area contributed by atoms with Crippen molar-refractivity contribution in [2.24, 2.45) is 0 Å². The standard InChI is InChI=1S/C23H20N4O4S2/c1-13(2)24-20-15(21(28)26-8-4-3-5-19(26)25-20)10-18-22(29)27(23(32)33-18)11-14-6-7-16-17(9-14)31-12-30-16/h3-10,13,24H,11-12H2,1-2H3. The summed E-state index contributed by atoms with van der Waals surface area (Å²) in [7, 11) is 0. The number of fused-ring (bicyclic) bond motifs is 2. The third-order valence-electron chi connectivity index (χ3n) is 5.12. The van der Waals surface area contributed by atoms with E-state index in [0.29, 0.717) is 44.3 Å². The van der Waals surface area contributed by atoms with Crippen molar-refractivity contribution in [3.63, 3.8) is 0 Å². The van der Waals surface area contributed by atoms with E-state index in [1.54, 1.807) is 24.4 Å². The zero-order chi connectivity index (χ0) is 23.1. The Balaban J connectivity index is 1.49. The van der Waals surface area contributed by atoms with Crippen molar-refractivity contribution < 1.29 is 14.3 Å². The lowest BCUT2D eigenvalue weighted by atomic mass is 10.2. The number of nitrogens with one attached hydrogen (secondary N) is 1. The summed E-state index contributed by atoms with van der Waals surface area (Å²) in [6.07, 6.45) is 3.24. The van der Waals surface area contributed by atoms with Gasteiger partial charge in [-0.15, -0.1) is 0 Å². The molecular weight excluding hydrogens is 460 g/mol. The van der Waals surface area contributed by atoms with Gasteiger partial charge in [-0.1, -0.05) is 36.1 Å². The molecule has 33 heavy (non-hydrogen) atoms. The lowest BCUT2D eigenvalue weighted by Crippen LogP contribution is -2.27. The van der Waals surface area contributed by atoms with Crippen molar-refractivity contribution in [1.82, 2.24) is 14.3 Å². The zero-order valence-corrected chi connectivity index (χ0v) is 19.5. The Hall–Kier alpha value is -3.37. The number of hydrogen-bond acceptors (Lipinski definition) is 8. The van der Waals surface area contributed by atoms with Gasteiger partial charge in [-0.2, -0.15) is 0 Å². The maximum Gasteiger partial charge on any atom is 0.267 e. The van der Waals surface area contributed by atoms with Crippen molar-refractivity contribution in [1.29, 1.82) is 0 Å². The molecule has 5 rings (SSSR count). The molecule has 3 aromatic rings. The molecular formula is C23H20N4O4S2. The van der Waals surface area contributed by atoms with E-state index >= 15 is 0 Å². The summed E-state index contributed by atoms with van der Waals surface area (Å²) in [5.41, 5.74) is 1.45. The maximum absolute atomic E-state index is 13.2. The second kappa shape index (κ2) is 8.53. The minimum absolute atomic E-state index is 0.0516. The lowest BCUT2D eigenvalue weighted by molar-refractivity contribution is -0.122. The van der Waals surface area contributed by atoms with Crippen LogP contribution in [0.25, 0.3) is 11.7 Å². The molecule has 1 N–H and O–H groups in total. The molecule has 0 saturated carbocycles. The highest BCUT2D eigenvalue weighted by molar-refractivity contribution is 8.26. The number of thiocarbonyl (C=S) groups is 1. The van der Waals surface area contributed by atoms with Gasteiger partial charge in [0, 0.05) is 12.2 Å². The van der Waals surface area contributed by atoms with Crippen molar-refractivity contribution >= 4 is 51.7 Å². The van der Waals surface area contributed by atoms with Crippen molar-refractivity contribution in [2.45, 2.75) is 26.4 Å². The molecule has 4 heterocycles. The first-order chi connectivity index (χ1) is 15.9. The van der Waals surface area contributed by atoms with E-state index in [4.69, 9.17) is 21.7 Å². The van der Waals surface area contributed by atoms with Crippen molar-refractivity contribution in [3.8, 4) is 11.5 Å². The number of hydrogen-bond donors (Lipinski definition) is 1. The SMILES string of the molecule is CC(C)Nc1nc2ccccn2c(=O)c1C=C1SC(=S)N(Cc2ccc3c(c2)OCO3)C1=O. The summed E-state index contributed by atoms with van der Waals surface area (Å²) in [5, 5.41) is 3.22. The molecule has 0 radical (unpaired) electrons. The molecule has 0 aliphatic carbocycles. The molecule has 0 atom stereocenters. The normalized spacial score (nSPS) is 16.5. The van der Waals surface area contributed by atoms with Crippen LogP contribution in [0.3, 0.4) is 0 Å². The van der Waals surface area contributed by atoms with Crippen LogP contribution in [-0.2, 0) is 11.3 Å². The van der Waals surface area contributed by atoms with Crippen LogP contribution in [0.15, 0.2) is 52.3 Å². The van der Waals surface area contributed by atoms with Crippen LogP contribution in [0.5, 0.6) is 11.5 Å². The van der Waals surface area contributed by atoms with Gasteiger partial charge in [0.25, 0.3) is 11.5 Å². The van der Waals surface area contributed by atoms with E-state index in [1.807, 2.05) is 38.1 Å². The van der Waals surface area contributed by atoms with E-state index in [-0.39, 0.29) is 24.3 Å². The number of nitrogens with zero attached hydrogens (tertiary/aromatic N) is 3. The van der Waals surface area contributed by atoms with E-state index < -0.39 is 0 Å². The molecule has 2 aromatic heterocycles. The number of carbonyl (C=O) groups excluding carboxylic acids is 1. The Kier molecular flexibility index (Phi) is 5.55. The number of benzene rings is 1. The smallest absolute Gasteiger partial charge is 0.267 e. The number of carbonyl (C=O) groups is 1. The van der Waals surface area contributed by atoms with Crippen LogP contribution in [0.2, 0.25) is 0 Å². The van der Waals surface area contributed by atoms with Crippen molar-refractivity contribution in [3.05, 3.63) is 69.0 Å². The molecule has 8 nitrogen and oxygen atoms in total. The van der Waals surface area contributed by atoms with Gasteiger partial charge < -0.3 is 14.8 Å². The van der Waals surface area contributed by atoms with Crippen LogP contribution in [0, 0.1) is 0 Å². The summed E-state index contributed by atoms with van der Waals surface area (Å²) < 4.78 is 12.7. The second-order valence-corrected chi connectivity index (χ2v) is 9.54. The molecule has 0 bridgehead atoms. The molecule has 2 aliphatic heterocycles. The first-order valence-corrected chi connectivity index (χ1v) is 11.5. The molecule has 1 aromatic carbocycles. The van der Waals surface area contributed by atoms with Gasteiger partial charge in [-0.3, -0.25) is 18.9 Å². The summed E-state index contributed by atoms with van der Waals surface area (Å²) >= 11 is 6.65. The van der Waals surface area contributed by atoms with Crippen molar-refractivity contribution in [2.75, 3.05) is 12.1 Å². The predicted octanol–water partition coefficient (Wildman–Crippen LogP) is 3.64. The highest BCUT2D eigenvalue weighted by atomic mass is 32.2. The highest BCUT2D eigenvalue weighted by Crippen LogP contribution is 2.36. The average molecular weight is 481 g/mol.